The van der Waals surface area contributed by atoms with Gasteiger partial charge in [-0.1, -0.05) is 84.9 Å². The van der Waals surface area contributed by atoms with Gasteiger partial charge in [0.15, 0.2) is 0 Å². The topological polar surface area (TPSA) is 19.0 Å². The lowest BCUT2D eigenvalue weighted by Gasteiger charge is -2.26. The first-order valence-electron chi connectivity index (χ1n) is 12.4. The maximum Gasteiger partial charge on any atom is 0.0551 e. The molecule has 1 N–H and O–H groups in total. The number of H-pyrrole nitrogens is 1. The van der Waals surface area contributed by atoms with Crippen LogP contribution in [0.1, 0.15) is 0 Å². The summed E-state index contributed by atoms with van der Waals surface area (Å²) in [6.07, 6.45) is 0. The van der Waals surface area contributed by atoms with Crippen LogP contribution < -0.4 is 4.90 Å². The van der Waals surface area contributed by atoms with Crippen LogP contribution in [-0.4, -0.2) is 4.98 Å². The lowest BCUT2D eigenvalue weighted by atomic mass is 10.0. The zero-order chi connectivity index (χ0) is 23.6. The molecule has 0 spiro atoms. The Morgan fingerprint density at radius 1 is 0.472 bits per heavy atom. The van der Waals surface area contributed by atoms with Crippen LogP contribution in [0.25, 0.3) is 54.8 Å². The molecule has 7 aromatic rings. The van der Waals surface area contributed by atoms with E-state index in [1.165, 1.54) is 54.8 Å². The van der Waals surface area contributed by atoms with Gasteiger partial charge in [-0.3, -0.25) is 0 Å². The molecule has 2 heteroatoms. The van der Waals surface area contributed by atoms with Crippen molar-refractivity contribution in [1.29, 1.82) is 0 Å². The summed E-state index contributed by atoms with van der Waals surface area (Å²) in [6, 6.07) is 45.9. The van der Waals surface area contributed by atoms with Gasteiger partial charge in [0.05, 0.1) is 5.69 Å². The number of nitrogens with one attached hydrogen (secondary N) is 1. The first-order valence-corrected chi connectivity index (χ1v) is 12.4. The van der Waals surface area contributed by atoms with E-state index in [1.54, 1.807) is 0 Å². The molecular formula is C34H22N2. The molecule has 0 saturated heterocycles. The highest BCUT2D eigenvalue weighted by Crippen LogP contribution is 2.51. The van der Waals surface area contributed by atoms with E-state index in [1.807, 2.05) is 0 Å². The highest BCUT2D eigenvalue weighted by atomic mass is 15.1. The van der Waals surface area contributed by atoms with Crippen molar-refractivity contribution in [3.8, 4) is 22.4 Å². The van der Waals surface area contributed by atoms with Crippen molar-refractivity contribution in [1.82, 2.24) is 4.98 Å². The predicted octanol–water partition coefficient (Wildman–Crippen LogP) is 9.59. The van der Waals surface area contributed by atoms with E-state index in [0.717, 1.165) is 17.1 Å². The van der Waals surface area contributed by atoms with Gasteiger partial charge in [0.1, 0.15) is 0 Å². The maximum atomic E-state index is 3.73. The van der Waals surface area contributed by atoms with E-state index < -0.39 is 0 Å². The molecule has 0 saturated carbocycles. The summed E-state index contributed by atoms with van der Waals surface area (Å²) >= 11 is 0. The zero-order valence-electron chi connectivity index (χ0n) is 19.6. The van der Waals surface area contributed by atoms with Gasteiger partial charge in [-0.2, -0.15) is 0 Å². The number of hydrogen-bond donors (Lipinski definition) is 1. The third-order valence-corrected chi connectivity index (χ3v) is 7.49. The van der Waals surface area contributed by atoms with Crippen LogP contribution in [0.4, 0.5) is 17.1 Å². The lowest BCUT2D eigenvalue weighted by molar-refractivity contribution is 1.29. The van der Waals surface area contributed by atoms with Gasteiger partial charge in [-0.05, 0) is 69.6 Å². The Balaban J connectivity index is 1.37. The molecule has 2 nitrogen and oxygen atoms in total. The molecule has 0 bridgehead atoms. The van der Waals surface area contributed by atoms with Crippen LogP contribution in [0.2, 0.25) is 0 Å². The second kappa shape index (κ2) is 7.34. The molecule has 8 rings (SSSR count). The van der Waals surface area contributed by atoms with Crippen molar-refractivity contribution in [2.45, 2.75) is 0 Å². The zero-order valence-corrected chi connectivity index (χ0v) is 19.6. The standard InChI is InChI=1S/C34H22N2/c1-2-12-25(13-3-1)36(26-17-16-22-8-4-5-9-24(22)20-26)27-18-19-31-30(21-27)33-28-14-6-10-23-11-7-15-29(32(23)28)34(33)35-31/h1-21,35H. The second-order valence-corrected chi connectivity index (χ2v) is 9.52. The Kier molecular flexibility index (Phi) is 3.97. The molecule has 6 aromatic carbocycles. The molecular weight excluding hydrogens is 436 g/mol. The first-order chi connectivity index (χ1) is 17.8. The highest BCUT2D eigenvalue weighted by Gasteiger charge is 2.26. The van der Waals surface area contributed by atoms with Crippen LogP contribution in [-0.2, 0) is 0 Å². The first kappa shape index (κ1) is 19.5. The minimum absolute atomic E-state index is 1.14. The normalized spacial score (nSPS) is 11.9. The Labute approximate surface area is 209 Å². The molecule has 0 aliphatic heterocycles. The van der Waals surface area contributed by atoms with E-state index >= 15 is 0 Å². The number of nitrogens with zero attached hydrogens (tertiary/aromatic N) is 1. The lowest BCUT2D eigenvalue weighted by Crippen LogP contribution is -2.09. The van der Waals surface area contributed by atoms with E-state index in [4.69, 9.17) is 0 Å². The molecule has 168 valence electrons. The van der Waals surface area contributed by atoms with Gasteiger partial charge >= 0.3 is 0 Å². The molecule has 1 aromatic heterocycles. The largest absolute Gasteiger partial charge is 0.354 e. The summed E-state index contributed by atoms with van der Waals surface area (Å²) in [5.41, 5.74) is 9.76. The summed E-state index contributed by atoms with van der Waals surface area (Å²) in [7, 11) is 0. The maximum absolute atomic E-state index is 3.73. The van der Waals surface area contributed by atoms with E-state index in [0.29, 0.717) is 0 Å². The average molecular weight is 459 g/mol. The number of fused-ring (bicyclic) bond motifs is 6. The van der Waals surface area contributed by atoms with Crippen LogP contribution in [0, 0.1) is 0 Å². The van der Waals surface area contributed by atoms with Crippen molar-refractivity contribution in [3.63, 3.8) is 0 Å². The highest BCUT2D eigenvalue weighted by molar-refractivity contribution is 6.21. The van der Waals surface area contributed by atoms with Crippen LogP contribution in [0.3, 0.4) is 0 Å². The van der Waals surface area contributed by atoms with E-state index in [9.17, 15) is 0 Å². The number of rotatable bonds is 3. The fourth-order valence-corrected chi connectivity index (χ4v) is 5.90. The van der Waals surface area contributed by atoms with Crippen LogP contribution in [0.15, 0.2) is 127 Å². The second-order valence-electron chi connectivity index (χ2n) is 9.52. The fraction of sp³-hybridized carbons (Fsp3) is 0. The van der Waals surface area contributed by atoms with Crippen molar-refractivity contribution in [3.05, 3.63) is 127 Å². The monoisotopic (exact) mass is 458 g/mol. The third kappa shape index (κ3) is 2.73. The Morgan fingerprint density at radius 3 is 2.03 bits per heavy atom. The molecule has 1 aliphatic carbocycles. The third-order valence-electron chi connectivity index (χ3n) is 7.49. The number of anilines is 3. The number of hydrogen-bond acceptors (Lipinski definition) is 1. The smallest absolute Gasteiger partial charge is 0.0551 e. The summed E-state index contributed by atoms with van der Waals surface area (Å²) in [5.74, 6) is 0. The van der Waals surface area contributed by atoms with Gasteiger partial charge in [-0.25, -0.2) is 0 Å². The Bertz CT molecular complexity index is 1940. The number of aromatic nitrogens is 1. The van der Waals surface area contributed by atoms with Crippen LogP contribution >= 0.6 is 0 Å². The fourth-order valence-electron chi connectivity index (χ4n) is 5.90. The number of aromatic amines is 1. The summed E-state index contributed by atoms with van der Waals surface area (Å²) in [4.78, 5) is 6.09. The van der Waals surface area contributed by atoms with Gasteiger partial charge in [0.25, 0.3) is 0 Å². The molecule has 1 aliphatic rings. The van der Waals surface area contributed by atoms with E-state index in [-0.39, 0.29) is 0 Å². The summed E-state index contributed by atoms with van der Waals surface area (Å²) in [6.45, 7) is 0. The van der Waals surface area contributed by atoms with Crippen molar-refractivity contribution in [2.75, 3.05) is 4.90 Å². The number of benzene rings is 6. The van der Waals surface area contributed by atoms with Gasteiger partial charge in [0, 0.05) is 39.1 Å². The van der Waals surface area contributed by atoms with Gasteiger partial charge in [0.2, 0.25) is 0 Å². The molecule has 0 radical (unpaired) electrons. The molecule has 0 amide bonds. The SMILES string of the molecule is c1ccc(N(c2ccc3ccccc3c2)c2ccc3[nH]c4c(c3c2)-c2cccc3cccc-4c23)cc1. The molecule has 0 fully saturated rings. The van der Waals surface area contributed by atoms with Crippen molar-refractivity contribution < 1.29 is 0 Å². The average Bonchev–Trinajstić information content (AvgIpc) is 3.46. The molecule has 1 heterocycles. The quantitative estimate of drug-likeness (QED) is 0.279. The summed E-state index contributed by atoms with van der Waals surface area (Å²) in [5, 5.41) is 6.39. The number of para-hydroxylation sites is 1. The molecule has 36 heavy (non-hydrogen) atoms. The van der Waals surface area contributed by atoms with Crippen molar-refractivity contribution >= 4 is 49.5 Å². The Morgan fingerprint density at radius 2 is 1.17 bits per heavy atom. The molecule has 0 atom stereocenters. The molecule has 0 unspecified atom stereocenters. The van der Waals surface area contributed by atoms with Crippen LogP contribution in [0.5, 0.6) is 0 Å². The minimum atomic E-state index is 1.14. The van der Waals surface area contributed by atoms with Gasteiger partial charge < -0.3 is 9.88 Å². The van der Waals surface area contributed by atoms with E-state index in [2.05, 4.69) is 137 Å². The predicted molar refractivity (Wildman–Crippen MR) is 152 cm³/mol. The van der Waals surface area contributed by atoms with Crippen molar-refractivity contribution in [2.24, 2.45) is 0 Å². The minimum Gasteiger partial charge on any atom is -0.354 e. The summed E-state index contributed by atoms with van der Waals surface area (Å²) < 4.78 is 0. The Hall–Kier alpha value is -4.82. The van der Waals surface area contributed by atoms with Gasteiger partial charge in [-0.15, -0.1) is 0 Å².